The first-order chi connectivity index (χ1) is 16.5. The molecule has 8 nitrogen and oxygen atoms in total. The second kappa shape index (κ2) is 11.0. The van der Waals surface area contributed by atoms with Crippen molar-refractivity contribution < 1.29 is 23.9 Å². The zero-order valence-electron chi connectivity index (χ0n) is 19.0. The summed E-state index contributed by atoms with van der Waals surface area (Å²) in [5.74, 6) is -1.33. The van der Waals surface area contributed by atoms with E-state index in [0.717, 1.165) is 44.2 Å². The molecule has 0 spiro atoms. The molecule has 8 heteroatoms. The van der Waals surface area contributed by atoms with Crippen LogP contribution in [0.4, 0.5) is 11.4 Å². The number of esters is 1. The molecule has 0 bridgehead atoms. The third kappa shape index (κ3) is 5.81. The number of amides is 3. The van der Waals surface area contributed by atoms with Gasteiger partial charge in [-0.1, -0.05) is 25.0 Å². The Hall–Kier alpha value is -3.68. The van der Waals surface area contributed by atoms with E-state index >= 15 is 0 Å². The van der Waals surface area contributed by atoms with Crippen LogP contribution in [-0.2, 0) is 14.3 Å². The van der Waals surface area contributed by atoms with E-state index in [-0.39, 0.29) is 23.4 Å². The number of carbonyl (C=O) groups excluding carboxylic acids is 4. The molecule has 4 rings (SSSR count). The van der Waals surface area contributed by atoms with Gasteiger partial charge in [0.05, 0.1) is 16.8 Å². The third-order valence-electron chi connectivity index (χ3n) is 6.21. The predicted molar refractivity (Wildman–Crippen MR) is 128 cm³/mol. The fourth-order valence-electron chi connectivity index (χ4n) is 4.38. The van der Waals surface area contributed by atoms with Gasteiger partial charge in [-0.05, 0) is 62.1 Å². The highest BCUT2D eigenvalue weighted by Gasteiger charge is 2.21. The molecule has 34 heavy (non-hydrogen) atoms. The minimum absolute atomic E-state index is 0.0791. The monoisotopic (exact) mass is 463 g/mol. The van der Waals surface area contributed by atoms with Crippen LogP contribution in [-0.4, -0.2) is 42.9 Å². The summed E-state index contributed by atoms with van der Waals surface area (Å²) in [6.45, 7) is 0.187. The molecular weight excluding hydrogens is 434 g/mol. The molecule has 0 aromatic heterocycles. The van der Waals surface area contributed by atoms with Crippen molar-refractivity contribution in [3.63, 3.8) is 0 Å². The SMILES string of the molecule is O=C(COC(=O)c1ccc(N2CCCCC2=O)cc1)Nc1ccccc1C(=O)NC1CCCC1. The Labute approximate surface area is 198 Å². The quantitative estimate of drug-likeness (QED) is 0.610. The summed E-state index contributed by atoms with van der Waals surface area (Å²) in [6.07, 6.45) is 6.52. The minimum Gasteiger partial charge on any atom is -0.452 e. The Morgan fingerprint density at radius 1 is 0.941 bits per heavy atom. The Kier molecular flexibility index (Phi) is 7.57. The van der Waals surface area contributed by atoms with Gasteiger partial charge in [-0.2, -0.15) is 0 Å². The second-order valence-corrected chi connectivity index (χ2v) is 8.67. The van der Waals surface area contributed by atoms with Crippen molar-refractivity contribution in [1.29, 1.82) is 0 Å². The zero-order valence-corrected chi connectivity index (χ0v) is 19.0. The van der Waals surface area contributed by atoms with Gasteiger partial charge in [-0.15, -0.1) is 0 Å². The predicted octanol–water partition coefficient (Wildman–Crippen LogP) is 3.67. The molecule has 2 aromatic rings. The first kappa shape index (κ1) is 23.5. The lowest BCUT2D eigenvalue weighted by Crippen LogP contribution is -2.35. The number of hydrogen-bond donors (Lipinski definition) is 2. The van der Waals surface area contributed by atoms with Gasteiger partial charge in [0, 0.05) is 24.7 Å². The maximum Gasteiger partial charge on any atom is 0.338 e. The van der Waals surface area contributed by atoms with E-state index in [4.69, 9.17) is 4.74 Å². The van der Waals surface area contributed by atoms with E-state index in [1.165, 1.54) is 0 Å². The molecule has 0 radical (unpaired) electrons. The summed E-state index contributed by atoms with van der Waals surface area (Å²) in [7, 11) is 0. The van der Waals surface area contributed by atoms with Crippen molar-refractivity contribution in [2.45, 2.75) is 51.0 Å². The fourth-order valence-corrected chi connectivity index (χ4v) is 4.38. The first-order valence-corrected chi connectivity index (χ1v) is 11.8. The average Bonchev–Trinajstić information content (AvgIpc) is 3.36. The zero-order chi connectivity index (χ0) is 23.9. The summed E-state index contributed by atoms with van der Waals surface area (Å²) >= 11 is 0. The Bertz CT molecular complexity index is 1060. The van der Waals surface area contributed by atoms with Crippen molar-refractivity contribution in [3.05, 3.63) is 59.7 Å². The number of piperidine rings is 1. The van der Waals surface area contributed by atoms with Crippen LogP contribution in [0.2, 0.25) is 0 Å². The fraction of sp³-hybridized carbons (Fsp3) is 0.385. The number of nitrogens with one attached hydrogen (secondary N) is 2. The van der Waals surface area contributed by atoms with E-state index < -0.39 is 18.5 Å². The lowest BCUT2D eigenvalue weighted by Gasteiger charge is -2.26. The Balaban J connectivity index is 1.30. The molecule has 1 saturated carbocycles. The van der Waals surface area contributed by atoms with Crippen molar-refractivity contribution in [2.24, 2.45) is 0 Å². The molecule has 1 aliphatic carbocycles. The number of hydrogen-bond acceptors (Lipinski definition) is 5. The minimum atomic E-state index is -0.640. The van der Waals surface area contributed by atoms with E-state index in [1.807, 2.05) is 0 Å². The smallest absolute Gasteiger partial charge is 0.338 e. The van der Waals surface area contributed by atoms with Crippen LogP contribution in [0.1, 0.15) is 65.7 Å². The second-order valence-electron chi connectivity index (χ2n) is 8.67. The number of rotatable bonds is 7. The van der Waals surface area contributed by atoms with Crippen LogP contribution in [0.25, 0.3) is 0 Å². The summed E-state index contributed by atoms with van der Waals surface area (Å²) in [4.78, 5) is 51.2. The van der Waals surface area contributed by atoms with Crippen LogP contribution < -0.4 is 15.5 Å². The van der Waals surface area contributed by atoms with Crippen molar-refractivity contribution in [1.82, 2.24) is 5.32 Å². The number of ether oxygens (including phenoxy) is 1. The highest BCUT2D eigenvalue weighted by atomic mass is 16.5. The Morgan fingerprint density at radius 3 is 2.41 bits per heavy atom. The average molecular weight is 464 g/mol. The number of carbonyl (C=O) groups is 4. The third-order valence-corrected chi connectivity index (χ3v) is 6.21. The highest BCUT2D eigenvalue weighted by molar-refractivity contribution is 6.04. The number of anilines is 2. The van der Waals surface area contributed by atoms with Gasteiger partial charge in [-0.25, -0.2) is 4.79 Å². The maximum atomic E-state index is 12.6. The van der Waals surface area contributed by atoms with Gasteiger partial charge in [-0.3, -0.25) is 14.4 Å². The van der Waals surface area contributed by atoms with Crippen molar-refractivity contribution >= 4 is 35.1 Å². The van der Waals surface area contributed by atoms with Crippen LogP contribution in [0.15, 0.2) is 48.5 Å². The first-order valence-electron chi connectivity index (χ1n) is 11.8. The summed E-state index contributed by atoms with van der Waals surface area (Å²) in [5.41, 5.74) is 1.77. The molecule has 1 saturated heterocycles. The molecule has 0 unspecified atom stereocenters. The lowest BCUT2D eigenvalue weighted by atomic mass is 10.1. The Morgan fingerprint density at radius 2 is 1.68 bits per heavy atom. The molecule has 2 N–H and O–H groups in total. The van der Waals surface area contributed by atoms with E-state index in [0.29, 0.717) is 24.2 Å². The molecule has 2 aromatic carbocycles. The molecule has 3 amide bonds. The normalized spacial score (nSPS) is 16.2. The van der Waals surface area contributed by atoms with Crippen molar-refractivity contribution in [3.8, 4) is 0 Å². The van der Waals surface area contributed by atoms with Crippen LogP contribution >= 0.6 is 0 Å². The van der Waals surface area contributed by atoms with E-state index in [9.17, 15) is 19.2 Å². The van der Waals surface area contributed by atoms with E-state index in [2.05, 4.69) is 10.6 Å². The largest absolute Gasteiger partial charge is 0.452 e. The lowest BCUT2D eigenvalue weighted by molar-refractivity contribution is -0.120. The van der Waals surface area contributed by atoms with Gasteiger partial charge in [0.1, 0.15) is 0 Å². The van der Waals surface area contributed by atoms with Gasteiger partial charge in [0.25, 0.3) is 11.8 Å². The van der Waals surface area contributed by atoms with Gasteiger partial charge >= 0.3 is 5.97 Å². The molecule has 2 fully saturated rings. The molecule has 178 valence electrons. The molecule has 1 heterocycles. The van der Waals surface area contributed by atoms with Crippen LogP contribution in [0.3, 0.4) is 0 Å². The van der Waals surface area contributed by atoms with Crippen LogP contribution in [0.5, 0.6) is 0 Å². The molecule has 2 aliphatic rings. The molecule has 0 atom stereocenters. The number of para-hydroxylation sites is 1. The summed E-state index contributed by atoms with van der Waals surface area (Å²) in [5, 5.41) is 5.67. The van der Waals surface area contributed by atoms with Gasteiger partial charge in [0.15, 0.2) is 6.61 Å². The van der Waals surface area contributed by atoms with Gasteiger partial charge in [0.2, 0.25) is 5.91 Å². The van der Waals surface area contributed by atoms with Gasteiger partial charge < -0.3 is 20.3 Å². The summed E-state index contributed by atoms with van der Waals surface area (Å²) < 4.78 is 5.14. The standard InChI is InChI=1S/C26H29N3O5/c30-23(28-22-10-4-3-9-21(22)25(32)27-19-7-1-2-8-19)17-34-26(33)18-12-14-20(15-13-18)29-16-6-5-11-24(29)31/h3-4,9-10,12-15,19H,1-2,5-8,11,16-17H2,(H,27,32)(H,28,30). The summed E-state index contributed by atoms with van der Waals surface area (Å²) in [6, 6.07) is 13.5. The molecule has 1 aliphatic heterocycles. The highest BCUT2D eigenvalue weighted by Crippen LogP contribution is 2.22. The molecular formula is C26H29N3O5. The van der Waals surface area contributed by atoms with Crippen molar-refractivity contribution in [2.75, 3.05) is 23.4 Å². The topological polar surface area (TPSA) is 105 Å². The van der Waals surface area contributed by atoms with E-state index in [1.54, 1.807) is 53.4 Å². The number of nitrogens with zero attached hydrogens (tertiary/aromatic N) is 1. The van der Waals surface area contributed by atoms with Crippen LogP contribution in [0, 0.1) is 0 Å². The number of benzene rings is 2. The maximum absolute atomic E-state index is 12.6.